The number of aryl methyl sites for hydroxylation is 2. The van der Waals surface area contributed by atoms with Crippen LogP contribution in [0.2, 0.25) is 0 Å². The largest absolute Gasteiger partial charge is 0.357 e. The van der Waals surface area contributed by atoms with E-state index in [-0.39, 0.29) is 0 Å². The van der Waals surface area contributed by atoms with Crippen molar-refractivity contribution in [2.24, 2.45) is 7.05 Å². The standard InChI is InChI=1S/C18H22N6S/c1-13-17(20-18(25)19-11-16-9-10-23(3)22-16)14(2)24(21-13)12-15-7-5-4-6-8-15/h4-10H,11-12H2,1-3H3,(H2,19,20,25). The number of anilines is 1. The summed E-state index contributed by atoms with van der Waals surface area (Å²) in [4.78, 5) is 0. The third-order valence-electron chi connectivity index (χ3n) is 3.99. The van der Waals surface area contributed by atoms with Crippen LogP contribution >= 0.6 is 12.2 Å². The second-order valence-electron chi connectivity index (χ2n) is 5.98. The van der Waals surface area contributed by atoms with Crippen LogP contribution in [0.3, 0.4) is 0 Å². The van der Waals surface area contributed by atoms with Crippen LogP contribution in [0.15, 0.2) is 42.6 Å². The number of nitrogens with zero attached hydrogens (tertiary/aromatic N) is 4. The van der Waals surface area contributed by atoms with Gasteiger partial charge in [-0.25, -0.2) is 0 Å². The number of nitrogens with one attached hydrogen (secondary N) is 2. The normalized spacial score (nSPS) is 10.7. The van der Waals surface area contributed by atoms with Gasteiger partial charge in [-0.1, -0.05) is 30.3 Å². The average molecular weight is 354 g/mol. The first-order valence-corrected chi connectivity index (χ1v) is 8.55. The van der Waals surface area contributed by atoms with Crippen LogP contribution in [0.4, 0.5) is 5.69 Å². The number of benzene rings is 1. The molecule has 0 bridgehead atoms. The molecule has 0 aliphatic rings. The van der Waals surface area contributed by atoms with Gasteiger partial charge in [0.05, 0.1) is 35.9 Å². The van der Waals surface area contributed by atoms with Gasteiger partial charge in [0.2, 0.25) is 0 Å². The molecule has 25 heavy (non-hydrogen) atoms. The van der Waals surface area contributed by atoms with Crippen molar-refractivity contribution in [2.45, 2.75) is 26.9 Å². The first kappa shape index (κ1) is 17.2. The van der Waals surface area contributed by atoms with Gasteiger partial charge in [0.25, 0.3) is 0 Å². The predicted molar refractivity (Wildman–Crippen MR) is 104 cm³/mol. The van der Waals surface area contributed by atoms with Crippen LogP contribution in [0, 0.1) is 13.8 Å². The van der Waals surface area contributed by atoms with Crippen molar-refractivity contribution in [1.29, 1.82) is 0 Å². The average Bonchev–Trinajstić information content (AvgIpc) is 3.12. The third-order valence-corrected chi connectivity index (χ3v) is 4.24. The summed E-state index contributed by atoms with van der Waals surface area (Å²) in [6.45, 7) is 5.36. The summed E-state index contributed by atoms with van der Waals surface area (Å²) in [6, 6.07) is 12.3. The predicted octanol–water partition coefficient (Wildman–Crippen LogP) is 2.77. The van der Waals surface area contributed by atoms with Crippen LogP contribution in [-0.4, -0.2) is 24.7 Å². The molecule has 0 aliphatic carbocycles. The van der Waals surface area contributed by atoms with Crippen molar-refractivity contribution in [3.63, 3.8) is 0 Å². The maximum atomic E-state index is 5.41. The number of aromatic nitrogens is 4. The fourth-order valence-corrected chi connectivity index (χ4v) is 2.85. The van der Waals surface area contributed by atoms with E-state index in [2.05, 4.69) is 33.0 Å². The molecule has 2 aromatic heterocycles. The maximum Gasteiger partial charge on any atom is 0.171 e. The van der Waals surface area contributed by atoms with E-state index in [0.717, 1.165) is 29.3 Å². The molecule has 0 amide bonds. The Bertz CT molecular complexity index is 865. The molecule has 1 aromatic carbocycles. The Hall–Kier alpha value is -2.67. The van der Waals surface area contributed by atoms with Gasteiger partial charge in [0.1, 0.15) is 0 Å². The lowest BCUT2D eigenvalue weighted by atomic mass is 10.2. The topological polar surface area (TPSA) is 59.7 Å². The molecule has 130 valence electrons. The Balaban J connectivity index is 1.65. The summed E-state index contributed by atoms with van der Waals surface area (Å²) in [5.41, 5.74) is 5.10. The second kappa shape index (κ2) is 7.48. The maximum absolute atomic E-state index is 5.41. The monoisotopic (exact) mass is 354 g/mol. The minimum absolute atomic E-state index is 0.566. The Morgan fingerprint density at radius 1 is 1.12 bits per heavy atom. The minimum Gasteiger partial charge on any atom is -0.357 e. The molecule has 0 unspecified atom stereocenters. The molecule has 6 nitrogen and oxygen atoms in total. The smallest absolute Gasteiger partial charge is 0.171 e. The fraction of sp³-hybridized carbons (Fsp3) is 0.278. The highest BCUT2D eigenvalue weighted by Crippen LogP contribution is 2.20. The van der Waals surface area contributed by atoms with Gasteiger partial charge in [-0.3, -0.25) is 9.36 Å². The zero-order valence-corrected chi connectivity index (χ0v) is 15.5. The molecule has 2 N–H and O–H groups in total. The van der Waals surface area contributed by atoms with Crippen LogP contribution in [0.1, 0.15) is 22.6 Å². The Morgan fingerprint density at radius 2 is 1.88 bits per heavy atom. The molecule has 0 spiro atoms. The van der Waals surface area contributed by atoms with E-state index >= 15 is 0 Å². The van der Waals surface area contributed by atoms with Crippen molar-refractivity contribution in [3.05, 3.63) is 65.2 Å². The van der Waals surface area contributed by atoms with Gasteiger partial charge in [-0.2, -0.15) is 10.2 Å². The molecule has 0 radical (unpaired) electrons. The summed E-state index contributed by atoms with van der Waals surface area (Å²) < 4.78 is 3.77. The Kier molecular flexibility index (Phi) is 5.14. The lowest BCUT2D eigenvalue weighted by molar-refractivity contribution is 0.659. The van der Waals surface area contributed by atoms with E-state index < -0.39 is 0 Å². The van der Waals surface area contributed by atoms with Crippen molar-refractivity contribution >= 4 is 23.0 Å². The van der Waals surface area contributed by atoms with Crippen LogP contribution < -0.4 is 10.6 Å². The summed E-state index contributed by atoms with van der Waals surface area (Å²) in [5.74, 6) is 0. The highest BCUT2D eigenvalue weighted by molar-refractivity contribution is 7.80. The first-order chi connectivity index (χ1) is 12.0. The van der Waals surface area contributed by atoms with Crippen molar-refractivity contribution in [1.82, 2.24) is 24.9 Å². The number of thiocarbonyl (C=S) groups is 1. The second-order valence-corrected chi connectivity index (χ2v) is 6.39. The molecule has 0 saturated carbocycles. The van der Waals surface area contributed by atoms with E-state index in [9.17, 15) is 0 Å². The summed E-state index contributed by atoms with van der Waals surface area (Å²) in [6.07, 6.45) is 1.91. The molecular formula is C18H22N6S. The zero-order valence-electron chi connectivity index (χ0n) is 14.7. The molecule has 3 aromatic rings. The van der Waals surface area contributed by atoms with Gasteiger partial charge in [0.15, 0.2) is 5.11 Å². The molecule has 7 heteroatoms. The van der Waals surface area contributed by atoms with E-state index in [4.69, 9.17) is 12.2 Å². The molecule has 0 saturated heterocycles. The van der Waals surface area contributed by atoms with Crippen molar-refractivity contribution in [2.75, 3.05) is 5.32 Å². The molecule has 0 aliphatic heterocycles. The molecule has 0 atom stereocenters. The van der Waals surface area contributed by atoms with Crippen molar-refractivity contribution in [3.8, 4) is 0 Å². The van der Waals surface area contributed by atoms with Gasteiger partial charge in [-0.05, 0) is 37.7 Å². The summed E-state index contributed by atoms with van der Waals surface area (Å²) in [7, 11) is 1.90. The van der Waals surface area contributed by atoms with E-state index in [1.807, 2.05) is 56.0 Å². The lowest BCUT2D eigenvalue weighted by Crippen LogP contribution is -2.28. The van der Waals surface area contributed by atoms with Crippen LogP contribution in [-0.2, 0) is 20.1 Å². The van der Waals surface area contributed by atoms with E-state index in [0.29, 0.717) is 11.7 Å². The first-order valence-electron chi connectivity index (χ1n) is 8.14. The zero-order chi connectivity index (χ0) is 17.8. The van der Waals surface area contributed by atoms with E-state index in [1.165, 1.54) is 5.56 Å². The quantitative estimate of drug-likeness (QED) is 0.690. The highest BCUT2D eigenvalue weighted by atomic mass is 32.1. The minimum atomic E-state index is 0.566. The van der Waals surface area contributed by atoms with Gasteiger partial charge in [0, 0.05) is 13.2 Å². The van der Waals surface area contributed by atoms with Gasteiger partial charge in [-0.15, -0.1) is 0 Å². The van der Waals surface area contributed by atoms with Gasteiger partial charge >= 0.3 is 0 Å². The summed E-state index contributed by atoms with van der Waals surface area (Å²) >= 11 is 5.41. The van der Waals surface area contributed by atoms with Gasteiger partial charge < -0.3 is 10.6 Å². The summed E-state index contributed by atoms with van der Waals surface area (Å²) in [5, 5.41) is 16.0. The third kappa shape index (κ3) is 4.24. The number of hydrogen-bond acceptors (Lipinski definition) is 3. The number of hydrogen-bond donors (Lipinski definition) is 2. The molecule has 3 rings (SSSR count). The molecular weight excluding hydrogens is 332 g/mol. The highest BCUT2D eigenvalue weighted by Gasteiger charge is 2.13. The molecule has 0 fully saturated rings. The van der Waals surface area contributed by atoms with Crippen LogP contribution in [0.25, 0.3) is 0 Å². The SMILES string of the molecule is Cc1nn(Cc2ccccc2)c(C)c1NC(=S)NCc1ccn(C)n1. The van der Waals surface area contributed by atoms with Crippen LogP contribution in [0.5, 0.6) is 0 Å². The number of rotatable bonds is 5. The Labute approximate surface area is 152 Å². The lowest BCUT2D eigenvalue weighted by Gasteiger charge is -2.10. The molecule has 2 heterocycles. The fourth-order valence-electron chi connectivity index (χ4n) is 2.67. The van der Waals surface area contributed by atoms with E-state index in [1.54, 1.807) is 4.68 Å². The van der Waals surface area contributed by atoms with Crippen molar-refractivity contribution < 1.29 is 0 Å². The Morgan fingerprint density at radius 3 is 2.56 bits per heavy atom.